The molecule has 3 aromatic carbocycles. The van der Waals surface area contributed by atoms with Crippen LogP contribution in [0.5, 0.6) is 0 Å². The summed E-state index contributed by atoms with van der Waals surface area (Å²) in [6.07, 6.45) is 22.9. The maximum absolute atomic E-state index is 12.7. The molecular formula is C60H82ClN15O3. The van der Waals surface area contributed by atoms with Gasteiger partial charge in [-0.15, -0.1) is 12.4 Å². The molecule has 2 aromatic heterocycles. The van der Waals surface area contributed by atoms with E-state index in [1.54, 1.807) is 12.4 Å². The Bertz CT molecular complexity index is 2810. The highest BCUT2D eigenvalue weighted by molar-refractivity contribution is 5.97. The first-order valence-corrected chi connectivity index (χ1v) is 28.9. The second kappa shape index (κ2) is 27.0. The Kier molecular flexibility index (Phi) is 19.5. The van der Waals surface area contributed by atoms with E-state index in [1.165, 1.54) is 114 Å². The summed E-state index contributed by atoms with van der Waals surface area (Å²) in [5.41, 5.74) is 23.9. The minimum Gasteiger partial charge on any atom is -0.364 e. The smallest absolute Gasteiger partial charge is 0.319 e. The number of aryl methyl sites for hydroxylation is 1. The van der Waals surface area contributed by atoms with Crippen molar-refractivity contribution >= 4 is 70.6 Å². The third-order valence-electron chi connectivity index (χ3n) is 17.2. The zero-order valence-electron chi connectivity index (χ0n) is 46.0. The standard InChI is InChI=1S/C34H44N8O2.C26H37N7O.ClH/c1-23-6-4-7-27(20-23)38-34(44)39-28-8-5-17-42(22-28)30-21-36-31(32(35)43)33(40-30)37-26-13-11-24(12-14-26)25-15-18-41(19-16-25)29-9-2-3-10-29;27-20-4-3-13-33(17-20)23-16-29-24(25(28)34)26(31-23)30-21-9-7-18(8-10-21)19-11-14-32(15-12-19)22-5-1-2-6-22;/h4,6-7,11-14,20-21,25,28-29H,2-3,5,8-10,15-19,22H2,1H3,(H2,35,43)(H,37,40)(H2,38,39,44);7-10,16,19-20,22H,1-6,11-15,17,27H2,(H2,28,34)(H,30,31);1H/t28-;20-;/m11./s1. The normalized spacial score (nSPS) is 20.9. The highest BCUT2D eigenvalue weighted by Crippen LogP contribution is 2.36. The summed E-state index contributed by atoms with van der Waals surface area (Å²) in [6, 6.07) is 26.2. The van der Waals surface area contributed by atoms with Crippen molar-refractivity contribution in [1.29, 1.82) is 0 Å². The molecule has 18 nitrogen and oxygen atoms in total. The highest BCUT2D eigenvalue weighted by Gasteiger charge is 2.30. The fourth-order valence-electron chi connectivity index (χ4n) is 12.9. The lowest BCUT2D eigenvalue weighted by Gasteiger charge is -2.36. The summed E-state index contributed by atoms with van der Waals surface area (Å²) in [7, 11) is 0. The number of aromatic nitrogens is 4. The molecular weight excluding hydrogens is 1010 g/mol. The van der Waals surface area contributed by atoms with Crippen LogP contribution in [0, 0.1) is 6.92 Å². The number of rotatable bonds is 14. The molecule has 2 aliphatic carbocycles. The van der Waals surface area contributed by atoms with Gasteiger partial charge in [-0.2, -0.15) is 0 Å². The zero-order valence-corrected chi connectivity index (χ0v) is 46.8. The van der Waals surface area contributed by atoms with E-state index in [9.17, 15) is 14.4 Å². The van der Waals surface area contributed by atoms with Gasteiger partial charge in [0.1, 0.15) is 11.6 Å². The van der Waals surface area contributed by atoms with Gasteiger partial charge in [-0.05, 0) is 175 Å². The van der Waals surface area contributed by atoms with E-state index >= 15 is 0 Å². The molecule has 6 fully saturated rings. The van der Waals surface area contributed by atoms with E-state index in [4.69, 9.17) is 27.2 Å². The molecule has 2 atom stereocenters. The number of carbonyl (C=O) groups is 3. The Morgan fingerprint density at radius 1 is 0.544 bits per heavy atom. The van der Waals surface area contributed by atoms with E-state index in [2.05, 4.69) is 87.2 Å². The van der Waals surface area contributed by atoms with E-state index in [-0.39, 0.29) is 41.9 Å². The fraction of sp³-hybridized carbons (Fsp3) is 0.517. The topological polar surface area (TPSA) is 242 Å². The number of hydrogen-bond donors (Lipinski definition) is 7. The lowest BCUT2D eigenvalue weighted by molar-refractivity contribution is 0.0987. The number of benzene rings is 3. The van der Waals surface area contributed by atoms with Gasteiger partial charge in [-0.1, -0.05) is 62.1 Å². The number of nitrogens with one attached hydrogen (secondary N) is 4. The van der Waals surface area contributed by atoms with Crippen molar-refractivity contribution in [3.63, 3.8) is 0 Å². The molecule has 4 aliphatic heterocycles. The number of urea groups is 1. The summed E-state index contributed by atoms with van der Waals surface area (Å²) >= 11 is 0. The number of halogens is 1. The van der Waals surface area contributed by atoms with E-state index in [0.29, 0.717) is 41.7 Å². The molecule has 11 rings (SSSR count). The average molecular weight is 1100 g/mol. The van der Waals surface area contributed by atoms with Crippen molar-refractivity contribution in [3.05, 3.63) is 113 Å². The van der Waals surface area contributed by atoms with Crippen molar-refractivity contribution in [2.24, 2.45) is 17.2 Å². The van der Waals surface area contributed by atoms with Crippen molar-refractivity contribution in [2.75, 3.05) is 78.1 Å². The first-order chi connectivity index (χ1) is 38.0. The SMILES string of the molecule is Cc1cccc(NC(=O)N[C@@H]2CCCN(c3cnc(C(N)=O)c(Nc4ccc(C5CCN(C6CCCC6)CC5)cc4)n3)C2)c1.Cl.NC(=O)c1ncc(N2CCC[C@@H](N)C2)nc1Nc1ccc(C2CCN(C3CCCC3)CC2)cc1. The molecule has 4 saturated heterocycles. The number of carbonyl (C=O) groups excluding carboxylic acids is 3. The Labute approximate surface area is 472 Å². The van der Waals surface area contributed by atoms with E-state index in [1.807, 2.05) is 43.3 Å². The van der Waals surface area contributed by atoms with Crippen LogP contribution in [0.25, 0.3) is 0 Å². The maximum Gasteiger partial charge on any atom is 0.319 e. The van der Waals surface area contributed by atoms with Crippen molar-refractivity contribution in [3.8, 4) is 0 Å². The lowest BCUT2D eigenvalue weighted by Crippen LogP contribution is -2.49. The van der Waals surface area contributed by atoms with Crippen molar-refractivity contribution in [2.45, 2.75) is 146 Å². The number of anilines is 7. The van der Waals surface area contributed by atoms with Crippen LogP contribution in [0.2, 0.25) is 0 Å². The molecule has 0 radical (unpaired) electrons. The average Bonchev–Trinajstić information content (AvgIpc) is 4.21. The van der Waals surface area contributed by atoms with Crippen LogP contribution in [0.3, 0.4) is 0 Å². The number of hydrogen-bond acceptors (Lipinski definition) is 14. The molecule has 0 bridgehead atoms. The van der Waals surface area contributed by atoms with Gasteiger partial charge in [0.25, 0.3) is 11.8 Å². The molecule has 0 spiro atoms. The van der Waals surface area contributed by atoms with Gasteiger partial charge >= 0.3 is 6.03 Å². The summed E-state index contributed by atoms with van der Waals surface area (Å²) in [5, 5.41) is 12.6. The Hall–Kier alpha value is -6.60. The van der Waals surface area contributed by atoms with Crippen molar-refractivity contribution in [1.82, 2.24) is 35.1 Å². The third kappa shape index (κ3) is 15.0. The molecule has 6 heterocycles. The molecule has 19 heteroatoms. The second-order valence-electron chi connectivity index (χ2n) is 22.7. The van der Waals surface area contributed by atoms with E-state index < -0.39 is 11.8 Å². The highest BCUT2D eigenvalue weighted by atomic mass is 35.5. The van der Waals surface area contributed by atoms with Crippen LogP contribution in [0.15, 0.2) is 85.2 Å². The van der Waals surface area contributed by atoms with E-state index in [0.717, 1.165) is 80.0 Å². The van der Waals surface area contributed by atoms with Gasteiger partial charge in [0.2, 0.25) is 0 Å². The molecule has 2 saturated carbocycles. The minimum absolute atomic E-state index is 0. The van der Waals surface area contributed by atoms with Gasteiger partial charge in [-0.3, -0.25) is 9.59 Å². The first-order valence-electron chi connectivity index (χ1n) is 28.9. The monoisotopic (exact) mass is 1100 g/mol. The maximum atomic E-state index is 12.7. The lowest BCUT2D eigenvalue weighted by atomic mass is 9.88. The van der Waals surface area contributed by atoms with Gasteiger partial charge in [0, 0.05) is 67.4 Å². The number of piperidine rings is 4. The molecule has 0 unspecified atom stereocenters. The minimum atomic E-state index is -0.636. The Morgan fingerprint density at radius 2 is 1.01 bits per heavy atom. The van der Waals surface area contributed by atoms with Gasteiger partial charge in [-0.25, -0.2) is 24.7 Å². The number of nitrogens with zero attached hydrogens (tertiary/aromatic N) is 8. The van der Waals surface area contributed by atoms with Gasteiger partial charge < -0.3 is 58.1 Å². The third-order valence-corrected chi connectivity index (χ3v) is 17.2. The number of likely N-dealkylation sites (tertiary alicyclic amines) is 2. The molecule has 422 valence electrons. The largest absolute Gasteiger partial charge is 0.364 e. The number of nitrogens with two attached hydrogens (primary N) is 3. The van der Waals surface area contributed by atoms with Crippen LogP contribution >= 0.6 is 12.4 Å². The molecule has 5 aromatic rings. The summed E-state index contributed by atoms with van der Waals surface area (Å²) in [6.45, 7) is 9.75. The van der Waals surface area contributed by atoms with Crippen LogP contribution in [-0.4, -0.2) is 124 Å². The predicted octanol–water partition coefficient (Wildman–Crippen LogP) is 9.33. The second-order valence-corrected chi connectivity index (χ2v) is 22.7. The van der Waals surface area contributed by atoms with Gasteiger partial charge in [0.15, 0.2) is 23.0 Å². The number of amides is 4. The van der Waals surface area contributed by atoms with Crippen molar-refractivity contribution < 1.29 is 14.4 Å². The molecule has 79 heavy (non-hydrogen) atoms. The Morgan fingerprint density at radius 3 is 1.47 bits per heavy atom. The predicted molar refractivity (Wildman–Crippen MR) is 317 cm³/mol. The van der Waals surface area contributed by atoms with Crippen LogP contribution in [0.1, 0.15) is 152 Å². The van der Waals surface area contributed by atoms with Gasteiger partial charge in [0.05, 0.1) is 12.4 Å². The summed E-state index contributed by atoms with van der Waals surface area (Å²) in [4.78, 5) is 64.7. The molecule has 10 N–H and O–H groups in total. The number of primary amides is 2. The summed E-state index contributed by atoms with van der Waals surface area (Å²) in [5.74, 6) is 2.03. The quantitative estimate of drug-likeness (QED) is 0.0548. The van der Waals surface area contributed by atoms with Crippen LogP contribution in [-0.2, 0) is 0 Å². The summed E-state index contributed by atoms with van der Waals surface area (Å²) < 4.78 is 0. The molecule has 6 aliphatic rings. The Balaban J connectivity index is 0.000000195. The van der Waals surface area contributed by atoms with Crippen LogP contribution in [0.4, 0.5) is 45.1 Å². The first kappa shape index (κ1) is 57.1. The van der Waals surface area contributed by atoms with Crippen LogP contribution < -0.4 is 48.3 Å². The molecule has 4 amide bonds. The zero-order chi connectivity index (χ0) is 54.0. The fourth-order valence-corrected chi connectivity index (χ4v) is 12.9.